The smallest absolute Gasteiger partial charge is 0.161 e. The van der Waals surface area contributed by atoms with Crippen LogP contribution in [0.5, 0.6) is 5.75 Å². The first-order valence-electron chi connectivity index (χ1n) is 7.33. The van der Waals surface area contributed by atoms with Crippen molar-refractivity contribution in [1.29, 1.82) is 0 Å². The molecule has 0 unspecified atom stereocenters. The number of ether oxygens (including phenoxy) is 1. The van der Waals surface area contributed by atoms with E-state index in [1.807, 2.05) is 30.0 Å². The predicted molar refractivity (Wildman–Crippen MR) is 86.9 cm³/mol. The van der Waals surface area contributed by atoms with E-state index < -0.39 is 0 Å². The van der Waals surface area contributed by atoms with Crippen LogP contribution in [0.3, 0.4) is 0 Å². The fourth-order valence-corrected chi connectivity index (χ4v) is 4.13. The molecule has 2 aliphatic rings. The number of hydrogen-bond acceptors (Lipinski definition) is 4. The molecular weight excluding hydrogens is 268 g/mol. The third kappa shape index (κ3) is 2.95. The van der Waals surface area contributed by atoms with Crippen molar-refractivity contribution in [3.63, 3.8) is 0 Å². The second kappa shape index (κ2) is 5.68. The minimum absolute atomic E-state index is 0.207. The van der Waals surface area contributed by atoms with Gasteiger partial charge in [0.15, 0.2) is 5.17 Å². The number of methoxy groups -OCH3 is 1. The summed E-state index contributed by atoms with van der Waals surface area (Å²) < 4.78 is 5.25. The van der Waals surface area contributed by atoms with Crippen LogP contribution in [0.1, 0.15) is 32.6 Å². The van der Waals surface area contributed by atoms with Gasteiger partial charge < -0.3 is 10.1 Å². The van der Waals surface area contributed by atoms with Crippen LogP contribution in [0.25, 0.3) is 0 Å². The molecule has 1 aliphatic heterocycles. The highest BCUT2D eigenvalue weighted by atomic mass is 32.2. The molecule has 4 heteroatoms. The van der Waals surface area contributed by atoms with Gasteiger partial charge in [-0.3, -0.25) is 4.99 Å². The summed E-state index contributed by atoms with van der Waals surface area (Å²) in [5, 5.41) is 4.49. The molecule has 108 valence electrons. The molecule has 0 bridgehead atoms. The molecule has 1 fully saturated rings. The average molecular weight is 290 g/mol. The Morgan fingerprint density at radius 3 is 2.90 bits per heavy atom. The minimum Gasteiger partial charge on any atom is -0.497 e. The maximum absolute atomic E-state index is 5.25. The van der Waals surface area contributed by atoms with Crippen molar-refractivity contribution in [2.45, 2.75) is 38.1 Å². The molecule has 1 aromatic rings. The number of amidine groups is 1. The number of nitrogens with zero attached hydrogens (tertiary/aromatic N) is 1. The Kier molecular flexibility index (Phi) is 3.92. The molecule has 0 saturated heterocycles. The summed E-state index contributed by atoms with van der Waals surface area (Å²) in [5.41, 5.74) is 1.26. The van der Waals surface area contributed by atoms with E-state index in [0.29, 0.717) is 0 Å². The zero-order valence-corrected chi connectivity index (χ0v) is 13.0. The summed E-state index contributed by atoms with van der Waals surface area (Å²) in [6, 6.07) is 8.02. The van der Waals surface area contributed by atoms with Gasteiger partial charge in [-0.15, -0.1) is 0 Å². The molecule has 20 heavy (non-hydrogen) atoms. The lowest BCUT2D eigenvalue weighted by atomic mass is 9.79. The van der Waals surface area contributed by atoms with Crippen LogP contribution >= 0.6 is 11.8 Å². The van der Waals surface area contributed by atoms with E-state index >= 15 is 0 Å². The van der Waals surface area contributed by atoms with Gasteiger partial charge in [0, 0.05) is 17.5 Å². The number of nitrogens with one attached hydrogen (secondary N) is 1. The van der Waals surface area contributed by atoms with Crippen molar-refractivity contribution >= 4 is 22.6 Å². The van der Waals surface area contributed by atoms with Crippen LogP contribution in [0.2, 0.25) is 0 Å². The van der Waals surface area contributed by atoms with Gasteiger partial charge in [0.25, 0.3) is 0 Å². The second-order valence-corrected chi connectivity index (χ2v) is 6.93. The van der Waals surface area contributed by atoms with Crippen LogP contribution in [0.4, 0.5) is 5.69 Å². The zero-order valence-electron chi connectivity index (χ0n) is 12.2. The number of hydrogen-bond donors (Lipinski definition) is 1. The quantitative estimate of drug-likeness (QED) is 0.888. The summed E-state index contributed by atoms with van der Waals surface area (Å²) in [6.07, 6.45) is 5.11. The van der Waals surface area contributed by atoms with Crippen LogP contribution in [-0.4, -0.2) is 23.6 Å². The molecule has 1 aromatic carbocycles. The molecule has 1 N–H and O–H groups in total. The van der Waals surface area contributed by atoms with E-state index in [4.69, 9.17) is 9.73 Å². The van der Waals surface area contributed by atoms with Crippen LogP contribution in [0, 0.1) is 5.92 Å². The summed E-state index contributed by atoms with van der Waals surface area (Å²) in [6.45, 7) is 2.36. The largest absolute Gasteiger partial charge is 0.497 e. The molecule has 1 saturated carbocycles. The van der Waals surface area contributed by atoms with Crippen LogP contribution < -0.4 is 10.1 Å². The summed E-state index contributed by atoms with van der Waals surface area (Å²) in [7, 11) is 1.69. The molecule has 1 aliphatic carbocycles. The molecule has 3 nitrogen and oxygen atoms in total. The van der Waals surface area contributed by atoms with E-state index in [0.717, 1.165) is 28.3 Å². The molecule has 0 amide bonds. The summed E-state index contributed by atoms with van der Waals surface area (Å²) >= 11 is 1.86. The maximum atomic E-state index is 5.25. The lowest BCUT2D eigenvalue weighted by molar-refractivity contribution is 0.273. The summed E-state index contributed by atoms with van der Waals surface area (Å²) in [5.74, 6) is 2.88. The molecule has 1 spiro atoms. The van der Waals surface area contributed by atoms with E-state index in [2.05, 4.69) is 18.3 Å². The van der Waals surface area contributed by atoms with Crippen molar-refractivity contribution in [3.05, 3.63) is 24.3 Å². The number of aliphatic imine (C=N–C) groups is 1. The Bertz CT molecular complexity index is 507. The SMILES string of the molecule is COc1cccc(NC2=NC3(CCC(C)CC3)CS2)c1. The highest BCUT2D eigenvalue weighted by molar-refractivity contribution is 8.14. The third-order valence-electron chi connectivity index (χ3n) is 4.34. The van der Waals surface area contributed by atoms with Gasteiger partial charge in [0.05, 0.1) is 12.6 Å². The molecule has 3 rings (SSSR count). The Morgan fingerprint density at radius 1 is 1.35 bits per heavy atom. The third-order valence-corrected chi connectivity index (χ3v) is 5.49. The normalized spacial score (nSPS) is 29.3. The Labute approximate surface area is 125 Å². The van der Waals surface area contributed by atoms with Gasteiger partial charge in [-0.2, -0.15) is 0 Å². The second-order valence-electron chi connectivity index (χ2n) is 5.97. The molecule has 0 aromatic heterocycles. The van der Waals surface area contributed by atoms with Gasteiger partial charge in [-0.1, -0.05) is 24.8 Å². The first-order valence-corrected chi connectivity index (χ1v) is 8.31. The van der Waals surface area contributed by atoms with Gasteiger partial charge in [0.1, 0.15) is 5.75 Å². The van der Waals surface area contributed by atoms with Crippen molar-refractivity contribution in [1.82, 2.24) is 0 Å². The van der Waals surface area contributed by atoms with Crippen LogP contribution in [0.15, 0.2) is 29.3 Å². The van der Waals surface area contributed by atoms with Crippen molar-refractivity contribution in [3.8, 4) is 5.75 Å². The highest BCUT2D eigenvalue weighted by Crippen LogP contribution is 2.41. The standard InChI is InChI=1S/C16H22N2OS/c1-12-6-8-16(9-7-12)11-20-15(18-16)17-13-4-3-5-14(10-13)19-2/h3-5,10,12H,6-9,11H2,1-2H3,(H,17,18). The van der Waals surface area contributed by atoms with E-state index in [9.17, 15) is 0 Å². The fraction of sp³-hybridized carbons (Fsp3) is 0.562. The highest BCUT2D eigenvalue weighted by Gasteiger charge is 2.38. The van der Waals surface area contributed by atoms with E-state index in [-0.39, 0.29) is 5.54 Å². The average Bonchev–Trinajstić information content (AvgIpc) is 2.86. The number of anilines is 1. The minimum atomic E-state index is 0.207. The van der Waals surface area contributed by atoms with E-state index in [1.54, 1.807) is 7.11 Å². The van der Waals surface area contributed by atoms with Crippen molar-refractivity contribution in [2.24, 2.45) is 10.9 Å². The molecule has 1 heterocycles. The fourth-order valence-electron chi connectivity index (χ4n) is 2.93. The Morgan fingerprint density at radius 2 is 2.15 bits per heavy atom. The summed E-state index contributed by atoms with van der Waals surface area (Å²) in [4.78, 5) is 4.99. The first-order chi connectivity index (χ1) is 9.69. The molecular formula is C16H22N2OS. The maximum Gasteiger partial charge on any atom is 0.161 e. The molecule has 0 radical (unpaired) electrons. The van der Waals surface area contributed by atoms with E-state index in [1.165, 1.54) is 25.7 Å². The first kappa shape index (κ1) is 13.8. The van der Waals surface area contributed by atoms with Gasteiger partial charge in [-0.05, 0) is 43.7 Å². The number of thioether (sulfide) groups is 1. The number of rotatable bonds is 2. The molecule has 0 atom stereocenters. The lowest BCUT2D eigenvalue weighted by Gasteiger charge is -2.32. The lowest BCUT2D eigenvalue weighted by Crippen LogP contribution is -2.32. The van der Waals surface area contributed by atoms with Crippen molar-refractivity contribution < 1.29 is 4.74 Å². The van der Waals surface area contributed by atoms with Gasteiger partial charge in [-0.25, -0.2) is 0 Å². The zero-order chi connectivity index (χ0) is 14.0. The number of benzene rings is 1. The van der Waals surface area contributed by atoms with Crippen molar-refractivity contribution in [2.75, 3.05) is 18.2 Å². The van der Waals surface area contributed by atoms with Gasteiger partial charge in [0.2, 0.25) is 0 Å². The van der Waals surface area contributed by atoms with Crippen LogP contribution in [-0.2, 0) is 0 Å². The Balaban J connectivity index is 1.69. The van der Waals surface area contributed by atoms with Gasteiger partial charge >= 0.3 is 0 Å². The predicted octanol–water partition coefficient (Wildman–Crippen LogP) is 4.16. The monoisotopic (exact) mass is 290 g/mol. The topological polar surface area (TPSA) is 33.6 Å². The Hall–Kier alpha value is -1.16.